The van der Waals surface area contributed by atoms with Gasteiger partial charge in [0.05, 0.1) is 24.5 Å². The van der Waals surface area contributed by atoms with E-state index in [-0.39, 0.29) is 24.9 Å². The fourth-order valence-electron chi connectivity index (χ4n) is 2.69. The molecule has 2 N–H and O–H groups in total. The second-order valence-electron chi connectivity index (χ2n) is 6.72. The van der Waals surface area contributed by atoms with Crippen LogP contribution in [0.25, 0.3) is 0 Å². The molecule has 0 fully saturated rings. The Morgan fingerprint density at radius 1 is 0.667 bits per heavy atom. The third-order valence-electron chi connectivity index (χ3n) is 4.07. The van der Waals surface area contributed by atoms with Crippen molar-refractivity contribution in [2.45, 2.75) is 0 Å². The Labute approximate surface area is 175 Å². The topological polar surface area (TPSA) is 86.2 Å². The Balaban J connectivity index is 1.45. The second kappa shape index (κ2) is 10.6. The maximum atomic E-state index is 12.2. The van der Waals surface area contributed by atoms with Gasteiger partial charge in [-0.05, 0) is 55.6 Å². The van der Waals surface area contributed by atoms with E-state index in [4.69, 9.17) is 0 Å². The smallest absolute Gasteiger partial charge is 0.238 e. The first-order chi connectivity index (χ1) is 14.6. The predicted molar refractivity (Wildman–Crippen MR) is 118 cm³/mol. The van der Waals surface area contributed by atoms with Crippen molar-refractivity contribution in [2.75, 3.05) is 30.8 Å². The SMILES string of the molecule is CN(CC(=O)Nc1ccccc1)CC(=O)Nc1ccc(N=Nc2ccccc2)cc1. The van der Waals surface area contributed by atoms with E-state index in [9.17, 15) is 9.59 Å². The highest BCUT2D eigenvalue weighted by atomic mass is 16.2. The molecule has 2 amide bonds. The number of hydrogen-bond acceptors (Lipinski definition) is 5. The van der Waals surface area contributed by atoms with Gasteiger partial charge in [0.15, 0.2) is 0 Å². The van der Waals surface area contributed by atoms with Gasteiger partial charge in [-0.3, -0.25) is 14.5 Å². The van der Waals surface area contributed by atoms with Crippen LogP contribution in [0.3, 0.4) is 0 Å². The molecule has 7 nitrogen and oxygen atoms in total. The van der Waals surface area contributed by atoms with Crippen molar-refractivity contribution < 1.29 is 9.59 Å². The molecule has 3 rings (SSSR count). The highest BCUT2D eigenvalue weighted by Gasteiger charge is 2.11. The number of hydrogen-bond donors (Lipinski definition) is 2. The van der Waals surface area contributed by atoms with Crippen LogP contribution in [0.5, 0.6) is 0 Å². The fourth-order valence-corrected chi connectivity index (χ4v) is 2.69. The van der Waals surface area contributed by atoms with Gasteiger partial charge in [-0.2, -0.15) is 10.2 Å². The largest absolute Gasteiger partial charge is 0.325 e. The van der Waals surface area contributed by atoms with Crippen molar-refractivity contribution in [2.24, 2.45) is 10.2 Å². The summed E-state index contributed by atoms with van der Waals surface area (Å²) in [7, 11) is 1.72. The van der Waals surface area contributed by atoms with E-state index in [2.05, 4.69) is 20.9 Å². The number of likely N-dealkylation sites (N-methyl/N-ethyl adjacent to an activating group) is 1. The van der Waals surface area contributed by atoms with Crippen molar-refractivity contribution in [3.05, 3.63) is 84.9 Å². The number of para-hydroxylation sites is 1. The minimum absolute atomic E-state index is 0.0949. The molecule has 0 saturated carbocycles. The summed E-state index contributed by atoms with van der Waals surface area (Å²) in [5.41, 5.74) is 2.84. The molecule has 0 aliphatic carbocycles. The lowest BCUT2D eigenvalue weighted by molar-refractivity contribution is -0.119. The molecule has 0 aliphatic rings. The van der Waals surface area contributed by atoms with Crippen molar-refractivity contribution in [3.8, 4) is 0 Å². The molecule has 0 aromatic heterocycles. The molecular formula is C23H23N5O2. The number of nitrogens with zero attached hydrogens (tertiary/aromatic N) is 3. The van der Waals surface area contributed by atoms with Gasteiger partial charge in [-0.15, -0.1) is 0 Å². The molecule has 30 heavy (non-hydrogen) atoms. The van der Waals surface area contributed by atoms with E-state index in [1.165, 1.54) is 0 Å². The number of carbonyl (C=O) groups excluding carboxylic acids is 2. The molecule has 0 unspecified atom stereocenters. The lowest BCUT2D eigenvalue weighted by Crippen LogP contribution is -2.36. The minimum atomic E-state index is -0.205. The molecule has 152 valence electrons. The summed E-state index contributed by atoms with van der Waals surface area (Å²) in [5.74, 6) is -0.381. The summed E-state index contributed by atoms with van der Waals surface area (Å²) >= 11 is 0. The number of amides is 2. The molecule has 7 heteroatoms. The lowest BCUT2D eigenvalue weighted by Gasteiger charge is -2.16. The van der Waals surface area contributed by atoms with Crippen LogP contribution in [-0.2, 0) is 9.59 Å². The highest BCUT2D eigenvalue weighted by Crippen LogP contribution is 2.20. The first kappa shape index (κ1) is 20.9. The zero-order chi connectivity index (χ0) is 21.2. The van der Waals surface area contributed by atoms with Gasteiger partial charge in [0.1, 0.15) is 0 Å². The van der Waals surface area contributed by atoms with Gasteiger partial charge in [-0.25, -0.2) is 0 Å². The normalized spacial score (nSPS) is 10.9. The molecule has 0 bridgehead atoms. The molecule has 0 aliphatic heterocycles. The average Bonchev–Trinajstić information content (AvgIpc) is 2.74. The van der Waals surface area contributed by atoms with Gasteiger partial charge in [0.25, 0.3) is 0 Å². The summed E-state index contributed by atoms with van der Waals surface area (Å²) in [6.07, 6.45) is 0. The van der Waals surface area contributed by atoms with Crippen LogP contribution in [0.15, 0.2) is 95.2 Å². The standard InChI is InChI=1S/C23H23N5O2/c1-28(16-22(29)24-18-8-4-2-5-9-18)17-23(30)25-19-12-14-21(15-13-19)27-26-20-10-6-3-7-11-20/h2-15H,16-17H2,1H3,(H,24,29)(H,25,30). The Bertz CT molecular complexity index is 989. The van der Waals surface area contributed by atoms with Crippen molar-refractivity contribution >= 4 is 34.6 Å². The zero-order valence-electron chi connectivity index (χ0n) is 16.7. The summed E-state index contributed by atoms with van der Waals surface area (Å²) in [6, 6.07) is 25.7. The number of azo groups is 1. The number of anilines is 2. The third-order valence-corrected chi connectivity index (χ3v) is 4.07. The van der Waals surface area contributed by atoms with E-state index >= 15 is 0 Å². The quantitative estimate of drug-likeness (QED) is 0.541. The van der Waals surface area contributed by atoms with E-state index in [1.807, 2.05) is 60.7 Å². The van der Waals surface area contributed by atoms with Gasteiger partial charge in [0.2, 0.25) is 11.8 Å². The van der Waals surface area contributed by atoms with E-state index < -0.39 is 0 Å². The van der Waals surface area contributed by atoms with Crippen LogP contribution in [0.4, 0.5) is 22.7 Å². The lowest BCUT2D eigenvalue weighted by atomic mass is 10.3. The monoisotopic (exact) mass is 401 g/mol. The van der Waals surface area contributed by atoms with Gasteiger partial charge in [0, 0.05) is 11.4 Å². The summed E-state index contributed by atoms with van der Waals surface area (Å²) < 4.78 is 0. The summed E-state index contributed by atoms with van der Waals surface area (Å²) in [5, 5.41) is 13.9. The maximum Gasteiger partial charge on any atom is 0.238 e. The molecule has 0 saturated heterocycles. The molecule has 3 aromatic carbocycles. The highest BCUT2D eigenvalue weighted by molar-refractivity contribution is 5.94. The maximum absolute atomic E-state index is 12.2. The number of benzene rings is 3. The van der Waals surface area contributed by atoms with Crippen LogP contribution < -0.4 is 10.6 Å². The molecule has 0 spiro atoms. The van der Waals surface area contributed by atoms with Crippen molar-refractivity contribution in [3.63, 3.8) is 0 Å². The van der Waals surface area contributed by atoms with Crippen LogP contribution in [-0.4, -0.2) is 36.9 Å². The first-order valence-electron chi connectivity index (χ1n) is 9.48. The molecule has 0 heterocycles. The van der Waals surface area contributed by atoms with Gasteiger partial charge in [-0.1, -0.05) is 36.4 Å². The average molecular weight is 401 g/mol. The minimum Gasteiger partial charge on any atom is -0.325 e. The Hall–Kier alpha value is -3.84. The van der Waals surface area contributed by atoms with Crippen LogP contribution >= 0.6 is 0 Å². The van der Waals surface area contributed by atoms with Crippen molar-refractivity contribution in [1.29, 1.82) is 0 Å². The Kier molecular flexibility index (Phi) is 7.40. The zero-order valence-corrected chi connectivity index (χ0v) is 16.7. The van der Waals surface area contributed by atoms with Crippen LogP contribution in [0.2, 0.25) is 0 Å². The number of carbonyl (C=O) groups is 2. The molecule has 0 atom stereocenters. The van der Waals surface area contributed by atoms with E-state index in [0.29, 0.717) is 11.4 Å². The van der Waals surface area contributed by atoms with E-state index in [1.54, 1.807) is 36.2 Å². The molecular weight excluding hydrogens is 378 g/mol. The summed E-state index contributed by atoms with van der Waals surface area (Å²) in [6.45, 7) is 0.207. The number of nitrogens with one attached hydrogen (secondary N) is 2. The number of rotatable bonds is 8. The van der Waals surface area contributed by atoms with Crippen LogP contribution in [0, 0.1) is 0 Å². The Morgan fingerprint density at radius 2 is 1.10 bits per heavy atom. The molecule has 0 radical (unpaired) electrons. The predicted octanol–water partition coefficient (Wildman–Crippen LogP) is 4.61. The van der Waals surface area contributed by atoms with Gasteiger partial charge < -0.3 is 10.6 Å². The van der Waals surface area contributed by atoms with Gasteiger partial charge >= 0.3 is 0 Å². The van der Waals surface area contributed by atoms with Crippen molar-refractivity contribution in [1.82, 2.24) is 4.90 Å². The van der Waals surface area contributed by atoms with E-state index in [0.717, 1.165) is 11.4 Å². The van der Waals surface area contributed by atoms with Crippen LogP contribution in [0.1, 0.15) is 0 Å². The Morgan fingerprint density at radius 3 is 1.63 bits per heavy atom. The fraction of sp³-hybridized carbons (Fsp3) is 0.130. The second-order valence-corrected chi connectivity index (χ2v) is 6.72. The molecule has 3 aromatic rings. The summed E-state index contributed by atoms with van der Waals surface area (Å²) in [4.78, 5) is 25.9. The first-order valence-corrected chi connectivity index (χ1v) is 9.48. The third kappa shape index (κ3) is 6.96.